The van der Waals surface area contributed by atoms with E-state index in [4.69, 9.17) is 25.8 Å². The van der Waals surface area contributed by atoms with Crippen molar-refractivity contribution in [2.24, 2.45) is 5.92 Å². The standard InChI is InChI=1S/C21H20ClN3O4/c1-27-21(26)18-12-25(22)11-17(18)15-8-5-9-16(10-15)28-13-19-23-20(24-29-19)14-6-3-2-4-7-14/h2-10,17-18H,11-13H2,1H3/t17-,18?/m0/s1. The zero-order chi connectivity index (χ0) is 20.2. The molecule has 2 atom stereocenters. The number of rotatable bonds is 6. The van der Waals surface area contributed by atoms with Gasteiger partial charge in [0.2, 0.25) is 5.82 Å². The van der Waals surface area contributed by atoms with Crippen LogP contribution in [0.15, 0.2) is 59.1 Å². The van der Waals surface area contributed by atoms with Crippen molar-refractivity contribution in [1.29, 1.82) is 0 Å². The summed E-state index contributed by atoms with van der Waals surface area (Å²) < 4.78 is 17.6. The van der Waals surface area contributed by atoms with E-state index in [1.165, 1.54) is 7.11 Å². The zero-order valence-electron chi connectivity index (χ0n) is 15.8. The lowest BCUT2D eigenvalue weighted by molar-refractivity contribution is -0.145. The van der Waals surface area contributed by atoms with Gasteiger partial charge in [-0.25, -0.2) is 4.42 Å². The molecule has 0 radical (unpaired) electrons. The van der Waals surface area contributed by atoms with Gasteiger partial charge in [0.25, 0.3) is 5.89 Å². The van der Waals surface area contributed by atoms with Crippen LogP contribution in [0.25, 0.3) is 11.4 Å². The predicted molar refractivity (Wildman–Crippen MR) is 106 cm³/mol. The van der Waals surface area contributed by atoms with Gasteiger partial charge >= 0.3 is 5.97 Å². The van der Waals surface area contributed by atoms with Crippen LogP contribution in [0.5, 0.6) is 5.75 Å². The van der Waals surface area contributed by atoms with Gasteiger partial charge in [-0.1, -0.05) is 47.6 Å². The molecule has 0 amide bonds. The van der Waals surface area contributed by atoms with E-state index in [1.54, 1.807) is 4.42 Å². The number of methoxy groups -OCH3 is 1. The Labute approximate surface area is 173 Å². The second-order valence-corrected chi connectivity index (χ2v) is 7.28. The molecule has 1 saturated heterocycles. The van der Waals surface area contributed by atoms with Crippen LogP contribution >= 0.6 is 11.8 Å². The summed E-state index contributed by atoms with van der Waals surface area (Å²) in [6.45, 7) is 1.17. The van der Waals surface area contributed by atoms with Gasteiger partial charge in [0, 0.05) is 24.6 Å². The largest absolute Gasteiger partial charge is 0.484 e. The summed E-state index contributed by atoms with van der Waals surface area (Å²) in [5.74, 6) is 0.928. The van der Waals surface area contributed by atoms with E-state index in [0.29, 0.717) is 30.6 Å². The van der Waals surface area contributed by atoms with E-state index in [0.717, 1.165) is 11.1 Å². The Bertz CT molecular complexity index is 979. The van der Waals surface area contributed by atoms with Crippen molar-refractivity contribution in [2.75, 3.05) is 20.2 Å². The molecule has 1 unspecified atom stereocenters. The van der Waals surface area contributed by atoms with Gasteiger partial charge in [0.1, 0.15) is 5.75 Å². The SMILES string of the molecule is COC(=O)C1CN(Cl)C[C@H]1c1cccc(OCc2nc(-c3ccccc3)no2)c1. The molecule has 2 aromatic carbocycles. The first-order valence-corrected chi connectivity index (χ1v) is 9.57. The Morgan fingerprint density at radius 2 is 2.03 bits per heavy atom. The number of aromatic nitrogens is 2. The molecule has 2 heterocycles. The highest BCUT2D eigenvalue weighted by Crippen LogP contribution is 2.35. The van der Waals surface area contributed by atoms with E-state index in [9.17, 15) is 4.79 Å². The molecule has 4 rings (SSSR count). The van der Waals surface area contributed by atoms with Crippen molar-refractivity contribution in [3.63, 3.8) is 0 Å². The van der Waals surface area contributed by atoms with Crippen molar-refractivity contribution in [3.8, 4) is 17.1 Å². The van der Waals surface area contributed by atoms with Crippen LogP contribution in [0, 0.1) is 5.92 Å². The molecule has 1 aliphatic heterocycles. The third-order valence-corrected chi connectivity index (χ3v) is 5.20. The lowest BCUT2D eigenvalue weighted by Crippen LogP contribution is -2.22. The molecule has 0 aliphatic carbocycles. The van der Waals surface area contributed by atoms with Crippen molar-refractivity contribution >= 4 is 17.7 Å². The Balaban J connectivity index is 1.44. The van der Waals surface area contributed by atoms with Crippen LogP contribution in [-0.2, 0) is 16.1 Å². The van der Waals surface area contributed by atoms with Gasteiger partial charge in [0.15, 0.2) is 6.61 Å². The highest BCUT2D eigenvalue weighted by Gasteiger charge is 2.38. The second-order valence-electron chi connectivity index (χ2n) is 6.80. The number of hydrogen-bond donors (Lipinski definition) is 0. The van der Waals surface area contributed by atoms with Crippen molar-refractivity contribution in [1.82, 2.24) is 14.6 Å². The lowest BCUT2D eigenvalue weighted by atomic mass is 9.89. The fourth-order valence-electron chi connectivity index (χ4n) is 3.48. The molecule has 0 bridgehead atoms. The quantitative estimate of drug-likeness (QED) is 0.450. The number of carbonyl (C=O) groups is 1. The van der Waals surface area contributed by atoms with Gasteiger partial charge in [-0.3, -0.25) is 4.79 Å². The third kappa shape index (κ3) is 4.41. The van der Waals surface area contributed by atoms with Crippen LogP contribution in [0.4, 0.5) is 0 Å². The molecule has 150 valence electrons. The topological polar surface area (TPSA) is 77.7 Å². The summed E-state index contributed by atoms with van der Waals surface area (Å²) in [6, 6.07) is 17.2. The first-order valence-electron chi connectivity index (χ1n) is 9.23. The molecule has 7 nitrogen and oxygen atoms in total. The monoisotopic (exact) mass is 413 g/mol. The summed E-state index contributed by atoms with van der Waals surface area (Å²) in [5, 5.41) is 3.99. The van der Waals surface area contributed by atoms with Crippen molar-refractivity contribution < 1.29 is 18.8 Å². The number of hydrogen-bond acceptors (Lipinski definition) is 7. The number of nitrogens with zero attached hydrogens (tertiary/aromatic N) is 3. The molecule has 1 aromatic heterocycles. The Morgan fingerprint density at radius 3 is 2.83 bits per heavy atom. The maximum absolute atomic E-state index is 12.1. The van der Waals surface area contributed by atoms with Gasteiger partial charge in [-0.05, 0) is 29.5 Å². The fourth-order valence-corrected chi connectivity index (χ4v) is 3.78. The molecule has 0 saturated carbocycles. The molecular formula is C21H20ClN3O4. The maximum Gasteiger partial charge on any atom is 0.310 e. The van der Waals surface area contributed by atoms with Gasteiger partial charge in [-0.15, -0.1) is 0 Å². The predicted octanol–water partition coefficient (Wildman–Crippen LogP) is 3.66. The average Bonchev–Trinajstić information content (AvgIpc) is 3.39. The minimum Gasteiger partial charge on any atom is -0.484 e. The normalized spacial score (nSPS) is 19.2. The minimum atomic E-state index is -0.308. The first kappa shape index (κ1) is 19.4. The number of carbonyl (C=O) groups excluding carboxylic acids is 1. The van der Waals surface area contributed by atoms with E-state index in [-0.39, 0.29) is 24.4 Å². The highest BCUT2D eigenvalue weighted by atomic mass is 35.5. The van der Waals surface area contributed by atoms with Crippen molar-refractivity contribution in [3.05, 3.63) is 66.1 Å². The third-order valence-electron chi connectivity index (χ3n) is 4.93. The Morgan fingerprint density at radius 1 is 1.21 bits per heavy atom. The Hall–Kier alpha value is -2.90. The van der Waals surface area contributed by atoms with Gasteiger partial charge in [0.05, 0.1) is 13.0 Å². The van der Waals surface area contributed by atoms with Crippen LogP contribution < -0.4 is 4.74 Å². The summed E-state index contributed by atoms with van der Waals surface area (Å²) in [6.07, 6.45) is 0. The molecular weight excluding hydrogens is 394 g/mol. The van der Waals surface area contributed by atoms with E-state index in [1.807, 2.05) is 54.6 Å². The molecule has 8 heteroatoms. The molecule has 29 heavy (non-hydrogen) atoms. The number of esters is 1. The summed E-state index contributed by atoms with van der Waals surface area (Å²) >= 11 is 6.15. The van der Waals surface area contributed by atoms with Crippen LogP contribution in [-0.4, -0.2) is 40.7 Å². The lowest BCUT2D eigenvalue weighted by Gasteiger charge is -2.17. The minimum absolute atomic E-state index is 0.0587. The maximum atomic E-state index is 12.1. The number of halogens is 1. The molecule has 0 spiro atoms. The number of benzene rings is 2. The highest BCUT2D eigenvalue weighted by molar-refractivity contribution is 6.13. The van der Waals surface area contributed by atoms with E-state index in [2.05, 4.69) is 10.1 Å². The number of ether oxygens (including phenoxy) is 2. The fraction of sp³-hybridized carbons (Fsp3) is 0.286. The van der Waals surface area contributed by atoms with Crippen molar-refractivity contribution in [2.45, 2.75) is 12.5 Å². The summed E-state index contributed by atoms with van der Waals surface area (Å²) in [7, 11) is 1.39. The van der Waals surface area contributed by atoms with E-state index < -0.39 is 0 Å². The summed E-state index contributed by atoms with van der Waals surface area (Å²) in [4.78, 5) is 16.5. The zero-order valence-corrected chi connectivity index (χ0v) is 16.6. The first-order chi connectivity index (χ1) is 14.1. The van der Waals surface area contributed by atoms with Gasteiger partial charge < -0.3 is 14.0 Å². The van der Waals surface area contributed by atoms with Crippen LogP contribution in [0.2, 0.25) is 0 Å². The summed E-state index contributed by atoms with van der Waals surface area (Å²) in [5.41, 5.74) is 1.85. The van der Waals surface area contributed by atoms with Crippen LogP contribution in [0.3, 0.4) is 0 Å². The molecule has 0 N–H and O–H groups in total. The second kappa shape index (κ2) is 8.63. The molecule has 1 aliphatic rings. The molecule has 1 fully saturated rings. The van der Waals surface area contributed by atoms with Gasteiger partial charge in [-0.2, -0.15) is 4.98 Å². The Kier molecular flexibility index (Phi) is 5.78. The smallest absolute Gasteiger partial charge is 0.310 e. The average molecular weight is 414 g/mol. The molecule has 3 aromatic rings. The van der Waals surface area contributed by atoms with E-state index >= 15 is 0 Å². The van der Waals surface area contributed by atoms with Crippen LogP contribution in [0.1, 0.15) is 17.4 Å².